The predicted octanol–water partition coefficient (Wildman–Crippen LogP) is 2.49. The van der Waals surface area contributed by atoms with Gasteiger partial charge in [0.15, 0.2) is 16.9 Å². The predicted molar refractivity (Wildman–Crippen MR) is 84.4 cm³/mol. The number of pyridine rings is 1. The van der Waals surface area contributed by atoms with Gasteiger partial charge in [-0.15, -0.1) is 0 Å². The first-order valence-corrected chi connectivity index (χ1v) is 6.98. The summed E-state index contributed by atoms with van der Waals surface area (Å²) in [6.45, 7) is 1.91. The number of carbonyl (C=O) groups is 1. The second-order valence-corrected chi connectivity index (χ2v) is 4.69. The summed E-state index contributed by atoms with van der Waals surface area (Å²) in [5.41, 5.74) is 3.07. The maximum atomic E-state index is 12.5. The van der Waals surface area contributed by atoms with E-state index in [0.29, 0.717) is 11.0 Å². The fraction of sp³-hybridized carbons (Fsp3) is 0.188. The number of hydrogen-bond donors (Lipinski definition) is 1. The monoisotopic (exact) mass is 314 g/mol. The zero-order valence-electron chi connectivity index (χ0n) is 12.6. The van der Waals surface area contributed by atoms with Crippen LogP contribution in [0.3, 0.4) is 0 Å². The number of ether oxygens (including phenoxy) is 1. The molecule has 0 atom stereocenters. The van der Waals surface area contributed by atoms with Crippen LogP contribution in [0, 0.1) is 0 Å². The zero-order valence-corrected chi connectivity index (χ0v) is 12.6. The van der Waals surface area contributed by atoms with Crippen LogP contribution in [-0.4, -0.2) is 24.7 Å². The summed E-state index contributed by atoms with van der Waals surface area (Å²) in [4.78, 5) is 33.6. The van der Waals surface area contributed by atoms with Crippen LogP contribution >= 0.6 is 0 Å². The van der Waals surface area contributed by atoms with E-state index >= 15 is 0 Å². The molecule has 3 rings (SSSR count). The zero-order chi connectivity index (χ0) is 16.4. The Bertz CT molecular complexity index is 948. The largest absolute Gasteiger partial charge is 0.462 e. The Morgan fingerprint density at radius 1 is 1.30 bits per heavy atom. The molecule has 1 N–H and O–H groups in total. The Kier molecular flexibility index (Phi) is 3.94. The Balaban J connectivity index is 2.32. The third-order valence-corrected chi connectivity index (χ3v) is 3.25. The van der Waals surface area contributed by atoms with Crippen molar-refractivity contribution in [3.05, 3.63) is 46.1 Å². The molecule has 7 heteroatoms. The van der Waals surface area contributed by atoms with E-state index in [4.69, 9.17) is 14.0 Å². The molecule has 1 aromatic carbocycles. The molecule has 0 saturated heterocycles. The van der Waals surface area contributed by atoms with Gasteiger partial charge in [0.05, 0.1) is 19.1 Å². The molecule has 0 fully saturated rings. The van der Waals surface area contributed by atoms with Crippen LogP contribution in [0.5, 0.6) is 0 Å². The van der Waals surface area contributed by atoms with Gasteiger partial charge < -0.3 is 9.15 Å². The minimum atomic E-state index is -0.586. The quantitative estimate of drug-likeness (QED) is 0.449. The Morgan fingerprint density at radius 2 is 2.09 bits per heavy atom. The highest BCUT2D eigenvalue weighted by molar-refractivity contribution is 5.99. The van der Waals surface area contributed by atoms with Crippen LogP contribution in [0.1, 0.15) is 17.3 Å². The third-order valence-electron chi connectivity index (χ3n) is 3.25. The smallest absolute Gasteiger partial charge is 0.342 e. The van der Waals surface area contributed by atoms with Crippen molar-refractivity contribution >= 4 is 33.9 Å². The van der Waals surface area contributed by atoms with Gasteiger partial charge in [-0.25, -0.2) is 15.3 Å². The van der Waals surface area contributed by atoms with Crippen LogP contribution in [0.2, 0.25) is 0 Å². The topological polar surface area (TPSA) is 90.7 Å². The van der Waals surface area contributed by atoms with Crippen molar-refractivity contribution in [2.75, 3.05) is 19.2 Å². The van der Waals surface area contributed by atoms with E-state index in [2.05, 4.69) is 10.5 Å². The first-order valence-electron chi connectivity index (χ1n) is 6.98. The van der Waals surface area contributed by atoms with Gasteiger partial charge in [0.1, 0.15) is 11.1 Å². The molecule has 0 aliphatic carbocycles. The molecule has 7 nitrogen and oxygen atoms in total. The second kappa shape index (κ2) is 6.05. The molecular weight excluding hydrogens is 300 g/mol. The average Bonchev–Trinajstić information content (AvgIpc) is 2.56. The SMILES string of the molecule is CCOC(=O)c1cc2oc3ccccc3c(=O)c2nc1NOC. The summed E-state index contributed by atoms with van der Waals surface area (Å²) >= 11 is 0. The summed E-state index contributed by atoms with van der Waals surface area (Å²) < 4.78 is 10.7. The van der Waals surface area contributed by atoms with Crippen LogP contribution in [0.15, 0.2) is 39.5 Å². The number of hydrogen-bond acceptors (Lipinski definition) is 7. The number of esters is 1. The Morgan fingerprint density at radius 3 is 2.83 bits per heavy atom. The summed E-state index contributed by atoms with van der Waals surface area (Å²) in [6, 6.07) is 8.27. The van der Waals surface area contributed by atoms with Gasteiger partial charge in [-0.1, -0.05) is 12.1 Å². The highest BCUT2D eigenvalue weighted by atomic mass is 16.6. The van der Waals surface area contributed by atoms with Crippen LogP contribution < -0.4 is 10.9 Å². The van der Waals surface area contributed by atoms with E-state index in [1.807, 2.05) is 0 Å². The maximum Gasteiger partial charge on any atom is 0.342 e. The number of rotatable bonds is 4. The second-order valence-electron chi connectivity index (χ2n) is 4.69. The molecular formula is C16H14N2O5. The van der Waals surface area contributed by atoms with E-state index < -0.39 is 5.97 Å². The van der Waals surface area contributed by atoms with Gasteiger partial charge in [-0.3, -0.25) is 9.63 Å². The highest BCUT2D eigenvalue weighted by Crippen LogP contribution is 2.23. The average molecular weight is 314 g/mol. The molecule has 0 aliphatic heterocycles. The number of para-hydroxylation sites is 1. The van der Waals surface area contributed by atoms with E-state index in [1.54, 1.807) is 31.2 Å². The van der Waals surface area contributed by atoms with Crippen molar-refractivity contribution < 1.29 is 18.8 Å². The van der Waals surface area contributed by atoms with Gasteiger partial charge in [0.25, 0.3) is 0 Å². The molecule has 0 spiro atoms. The minimum absolute atomic E-state index is 0.0982. The number of fused-ring (bicyclic) bond motifs is 2. The lowest BCUT2D eigenvalue weighted by Crippen LogP contribution is -2.13. The van der Waals surface area contributed by atoms with Gasteiger partial charge >= 0.3 is 5.97 Å². The molecule has 0 amide bonds. The van der Waals surface area contributed by atoms with Gasteiger partial charge in [0, 0.05) is 6.07 Å². The third kappa shape index (κ3) is 2.62. The van der Waals surface area contributed by atoms with E-state index in [1.165, 1.54) is 13.2 Å². The molecule has 3 aromatic rings. The molecule has 0 saturated carbocycles. The van der Waals surface area contributed by atoms with Crippen LogP contribution in [-0.2, 0) is 9.57 Å². The van der Waals surface area contributed by atoms with E-state index in [0.717, 1.165) is 0 Å². The number of nitrogens with one attached hydrogen (secondary N) is 1. The molecule has 0 bridgehead atoms. The molecule has 23 heavy (non-hydrogen) atoms. The number of nitrogens with zero attached hydrogens (tertiary/aromatic N) is 1. The number of aromatic nitrogens is 1. The summed E-state index contributed by atoms with van der Waals surface area (Å²) in [7, 11) is 1.38. The van der Waals surface area contributed by atoms with Gasteiger partial charge in [-0.2, -0.15) is 0 Å². The number of anilines is 1. The van der Waals surface area contributed by atoms with Crippen molar-refractivity contribution in [3.8, 4) is 0 Å². The van der Waals surface area contributed by atoms with Crippen molar-refractivity contribution in [2.24, 2.45) is 0 Å². The standard InChI is InChI=1S/C16H14N2O5/c1-3-22-16(20)10-8-12-13(17-15(10)18-21-2)14(19)9-6-4-5-7-11(9)23-12/h4-8H,3H2,1-2H3,(H,17,18). The van der Waals surface area contributed by atoms with Gasteiger partial charge in [0.2, 0.25) is 5.43 Å². The number of benzene rings is 1. The fourth-order valence-electron chi connectivity index (χ4n) is 2.26. The highest BCUT2D eigenvalue weighted by Gasteiger charge is 2.19. The molecule has 0 unspecified atom stereocenters. The summed E-state index contributed by atoms with van der Waals surface area (Å²) in [5.74, 6) is -0.488. The summed E-state index contributed by atoms with van der Waals surface area (Å²) in [6.07, 6.45) is 0. The normalized spacial score (nSPS) is 10.9. The fourth-order valence-corrected chi connectivity index (χ4v) is 2.26. The summed E-state index contributed by atoms with van der Waals surface area (Å²) in [5, 5.41) is 0.416. The van der Waals surface area contributed by atoms with Crippen molar-refractivity contribution in [1.29, 1.82) is 0 Å². The number of carbonyl (C=O) groups excluding carboxylic acids is 1. The van der Waals surface area contributed by atoms with E-state index in [9.17, 15) is 9.59 Å². The van der Waals surface area contributed by atoms with Gasteiger partial charge in [-0.05, 0) is 19.1 Å². The van der Waals surface area contributed by atoms with Crippen LogP contribution in [0.25, 0.3) is 22.1 Å². The van der Waals surface area contributed by atoms with E-state index in [-0.39, 0.29) is 34.5 Å². The van der Waals surface area contributed by atoms with Crippen molar-refractivity contribution in [3.63, 3.8) is 0 Å². The Hall–Kier alpha value is -2.93. The molecule has 2 heterocycles. The van der Waals surface area contributed by atoms with Crippen LogP contribution in [0.4, 0.5) is 5.82 Å². The molecule has 118 valence electrons. The van der Waals surface area contributed by atoms with Crippen molar-refractivity contribution in [1.82, 2.24) is 4.98 Å². The lowest BCUT2D eigenvalue weighted by molar-refractivity contribution is 0.0526. The first kappa shape index (κ1) is 15.0. The lowest BCUT2D eigenvalue weighted by Gasteiger charge is -2.10. The van der Waals surface area contributed by atoms with Crippen molar-refractivity contribution in [2.45, 2.75) is 6.92 Å². The molecule has 0 aliphatic rings. The Labute approximate surface area is 130 Å². The lowest BCUT2D eigenvalue weighted by atomic mass is 10.1. The maximum absolute atomic E-state index is 12.5. The first-order chi connectivity index (χ1) is 11.2. The molecule has 2 aromatic heterocycles. The molecule has 0 radical (unpaired) electrons. The minimum Gasteiger partial charge on any atom is -0.462 e.